The van der Waals surface area contributed by atoms with Gasteiger partial charge in [-0.3, -0.25) is 9.36 Å². The van der Waals surface area contributed by atoms with Crippen LogP contribution in [0, 0.1) is 0 Å². The first-order chi connectivity index (χ1) is 14.0. The Balaban J connectivity index is 2.04. The van der Waals surface area contributed by atoms with E-state index in [0.29, 0.717) is 28.8 Å². The van der Waals surface area contributed by atoms with Gasteiger partial charge in [-0.1, -0.05) is 12.1 Å². The molecule has 29 heavy (non-hydrogen) atoms. The van der Waals surface area contributed by atoms with Crippen molar-refractivity contribution >= 4 is 22.8 Å². The molecule has 2 heterocycles. The molecule has 0 unspecified atom stereocenters. The molecule has 0 saturated carbocycles. The van der Waals surface area contributed by atoms with Crippen molar-refractivity contribution in [1.82, 2.24) is 9.55 Å². The molecule has 0 aliphatic carbocycles. The fraction of sp³-hybridized carbons (Fsp3) is 0.273. The average molecular weight is 393 g/mol. The summed E-state index contributed by atoms with van der Waals surface area (Å²) in [5, 5.41) is 3.28. The van der Waals surface area contributed by atoms with Gasteiger partial charge in [0.15, 0.2) is 17.3 Å². The zero-order chi connectivity index (χ0) is 20.7. The minimum Gasteiger partial charge on any atom is -0.493 e. The lowest BCUT2D eigenvalue weighted by atomic mass is 9.92. The van der Waals surface area contributed by atoms with Gasteiger partial charge in [0.2, 0.25) is 11.7 Å². The minimum atomic E-state index is -0.384. The van der Waals surface area contributed by atoms with E-state index in [0.717, 1.165) is 22.3 Å². The second-order valence-electron chi connectivity index (χ2n) is 6.88. The van der Waals surface area contributed by atoms with Gasteiger partial charge in [-0.15, -0.1) is 0 Å². The van der Waals surface area contributed by atoms with Gasteiger partial charge >= 0.3 is 0 Å². The molecule has 0 amide bonds. The van der Waals surface area contributed by atoms with Gasteiger partial charge < -0.3 is 19.5 Å². The quantitative estimate of drug-likeness (QED) is 0.708. The van der Waals surface area contributed by atoms with Gasteiger partial charge in [0.25, 0.3) is 0 Å². The minimum absolute atomic E-state index is 0.0165. The van der Waals surface area contributed by atoms with Crippen molar-refractivity contribution in [3.05, 3.63) is 53.2 Å². The van der Waals surface area contributed by atoms with Crippen LogP contribution in [0.5, 0.6) is 17.2 Å². The molecule has 1 atom stereocenters. The number of imidazole rings is 1. The Labute approximate surface area is 168 Å². The van der Waals surface area contributed by atoms with E-state index < -0.39 is 0 Å². The molecule has 3 aromatic rings. The standard InChI is InChI=1S/C22H23N3O4/c1-12-19(13(2)26)20(14-10-17(27-3)21(29-5)18(11-14)28-4)25-16-9-7-6-8-15(16)24-22(25)23-12/h6-11,20H,1-5H3,(H,23,24)/t20-/m0/s1. The van der Waals surface area contributed by atoms with Crippen LogP contribution in [0.25, 0.3) is 11.0 Å². The molecule has 150 valence electrons. The van der Waals surface area contributed by atoms with Crippen molar-refractivity contribution in [2.75, 3.05) is 26.6 Å². The molecule has 1 aliphatic rings. The van der Waals surface area contributed by atoms with Crippen molar-refractivity contribution in [2.24, 2.45) is 0 Å². The molecule has 0 bridgehead atoms. The monoisotopic (exact) mass is 393 g/mol. The Morgan fingerprint density at radius 3 is 2.31 bits per heavy atom. The molecule has 1 N–H and O–H groups in total. The third kappa shape index (κ3) is 2.90. The summed E-state index contributed by atoms with van der Waals surface area (Å²) in [4.78, 5) is 17.4. The Bertz CT molecular complexity index is 1120. The number of hydrogen-bond acceptors (Lipinski definition) is 6. The van der Waals surface area contributed by atoms with Gasteiger partial charge in [-0.05, 0) is 43.7 Å². The highest BCUT2D eigenvalue weighted by Gasteiger charge is 2.33. The van der Waals surface area contributed by atoms with Crippen molar-refractivity contribution < 1.29 is 19.0 Å². The van der Waals surface area contributed by atoms with Crippen LogP contribution in [-0.4, -0.2) is 36.7 Å². The number of ketones is 1. The van der Waals surface area contributed by atoms with Crippen LogP contribution in [0.3, 0.4) is 0 Å². The van der Waals surface area contributed by atoms with E-state index in [1.165, 1.54) is 0 Å². The van der Waals surface area contributed by atoms with Crippen LogP contribution in [0.15, 0.2) is 47.7 Å². The number of hydrogen-bond donors (Lipinski definition) is 1. The summed E-state index contributed by atoms with van der Waals surface area (Å²) in [5.41, 5.74) is 4.06. The van der Waals surface area contributed by atoms with Gasteiger partial charge in [-0.25, -0.2) is 4.98 Å². The van der Waals surface area contributed by atoms with E-state index in [4.69, 9.17) is 19.2 Å². The normalized spacial score (nSPS) is 15.7. The maximum atomic E-state index is 12.7. The number of anilines is 1. The highest BCUT2D eigenvalue weighted by molar-refractivity contribution is 5.97. The van der Waals surface area contributed by atoms with E-state index in [1.807, 2.05) is 47.9 Å². The summed E-state index contributed by atoms with van der Waals surface area (Å²) >= 11 is 0. The lowest BCUT2D eigenvalue weighted by molar-refractivity contribution is -0.114. The molecular formula is C22H23N3O4. The Hall–Kier alpha value is -3.48. The first kappa shape index (κ1) is 18.9. The molecule has 0 saturated heterocycles. The molecular weight excluding hydrogens is 370 g/mol. The summed E-state index contributed by atoms with van der Waals surface area (Å²) in [7, 11) is 4.72. The molecule has 0 fully saturated rings. The van der Waals surface area contributed by atoms with E-state index in [9.17, 15) is 4.79 Å². The van der Waals surface area contributed by atoms with Gasteiger partial charge in [0.1, 0.15) is 0 Å². The van der Waals surface area contributed by atoms with Gasteiger partial charge in [0.05, 0.1) is 38.4 Å². The van der Waals surface area contributed by atoms with Crippen LogP contribution in [-0.2, 0) is 4.79 Å². The summed E-state index contributed by atoms with van der Waals surface area (Å²) in [6.07, 6.45) is 0. The van der Waals surface area contributed by atoms with Crippen molar-refractivity contribution in [3.8, 4) is 17.2 Å². The topological polar surface area (TPSA) is 74.6 Å². The van der Waals surface area contributed by atoms with Crippen LogP contribution < -0.4 is 19.5 Å². The Kier molecular flexibility index (Phi) is 4.66. The molecule has 2 aromatic carbocycles. The van der Waals surface area contributed by atoms with Crippen LogP contribution in [0.4, 0.5) is 5.95 Å². The zero-order valence-corrected chi connectivity index (χ0v) is 17.1. The number of Topliss-reactive ketones (excluding diaryl/α,β-unsaturated/α-hetero) is 1. The van der Waals surface area contributed by atoms with Crippen molar-refractivity contribution in [1.29, 1.82) is 0 Å². The third-order valence-electron chi connectivity index (χ3n) is 5.21. The number of methoxy groups -OCH3 is 3. The predicted octanol–water partition coefficient (Wildman–Crippen LogP) is 3.94. The van der Waals surface area contributed by atoms with E-state index in [1.54, 1.807) is 28.3 Å². The first-order valence-electron chi connectivity index (χ1n) is 9.25. The van der Waals surface area contributed by atoms with E-state index >= 15 is 0 Å². The average Bonchev–Trinajstić information content (AvgIpc) is 3.09. The maximum absolute atomic E-state index is 12.7. The van der Waals surface area contributed by atoms with Gasteiger partial charge in [0, 0.05) is 11.3 Å². The summed E-state index contributed by atoms with van der Waals surface area (Å²) in [5.74, 6) is 2.25. The van der Waals surface area contributed by atoms with E-state index in [-0.39, 0.29) is 11.8 Å². The number of ether oxygens (including phenoxy) is 3. The molecule has 0 radical (unpaired) electrons. The first-order valence-corrected chi connectivity index (χ1v) is 9.25. The highest BCUT2D eigenvalue weighted by Crippen LogP contribution is 2.45. The Morgan fingerprint density at radius 2 is 1.72 bits per heavy atom. The number of para-hydroxylation sites is 2. The number of carbonyl (C=O) groups is 1. The predicted molar refractivity (Wildman–Crippen MR) is 111 cm³/mol. The van der Waals surface area contributed by atoms with Crippen molar-refractivity contribution in [3.63, 3.8) is 0 Å². The molecule has 1 aliphatic heterocycles. The van der Waals surface area contributed by atoms with Crippen LogP contribution in [0.2, 0.25) is 0 Å². The number of aromatic nitrogens is 2. The van der Waals surface area contributed by atoms with Gasteiger partial charge in [-0.2, -0.15) is 0 Å². The van der Waals surface area contributed by atoms with Crippen LogP contribution in [0.1, 0.15) is 25.5 Å². The fourth-order valence-corrected chi connectivity index (χ4v) is 3.99. The largest absolute Gasteiger partial charge is 0.493 e. The number of fused-ring (bicyclic) bond motifs is 3. The zero-order valence-electron chi connectivity index (χ0n) is 17.1. The fourth-order valence-electron chi connectivity index (χ4n) is 3.99. The number of allylic oxidation sites excluding steroid dienone is 2. The highest BCUT2D eigenvalue weighted by atomic mass is 16.5. The number of nitrogens with one attached hydrogen (secondary N) is 1. The SMILES string of the molecule is COc1cc([C@H]2C(C(C)=O)=C(C)Nc3nc4ccccc4n32)cc(OC)c1OC. The van der Waals surface area contributed by atoms with E-state index in [2.05, 4.69) is 5.32 Å². The summed E-state index contributed by atoms with van der Waals surface area (Å²) in [6, 6.07) is 11.2. The molecule has 4 rings (SSSR count). The molecule has 7 heteroatoms. The molecule has 1 aromatic heterocycles. The smallest absolute Gasteiger partial charge is 0.209 e. The van der Waals surface area contributed by atoms with Crippen molar-refractivity contribution in [2.45, 2.75) is 19.9 Å². The number of rotatable bonds is 5. The number of nitrogens with zero attached hydrogens (tertiary/aromatic N) is 2. The lowest BCUT2D eigenvalue weighted by Crippen LogP contribution is -2.27. The number of carbonyl (C=O) groups excluding carboxylic acids is 1. The Morgan fingerprint density at radius 1 is 1.07 bits per heavy atom. The summed E-state index contributed by atoms with van der Waals surface area (Å²) in [6.45, 7) is 3.47. The summed E-state index contributed by atoms with van der Waals surface area (Å²) < 4.78 is 18.6. The second kappa shape index (κ2) is 7.16. The third-order valence-corrected chi connectivity index (χ3v) is 5.21. The van der Waals surface area contributed by atoms with Crippen LogP contribution >= 0.6 is 0 Å². The molecule has 7 nitrogen and oxygen atoms in total. The lowest BCUT2D eigenvalue weighted by Gasteiger charge is -2.30. The number of benzene rings is 2. The maximum Gasteiger partial charge on any atom is 0.209 e. The second-order valence-corrected chi connectivity index (χ2v) is 6.88. The molecule has 0 spiro atoms.